The summed E-state index contributed by atoms with van der Waals surface area (Å²) in [5, 5.41) is 10.9. The maximum atomic E-state index is 11.8. The molecule has 9 heteroatoms. The Labute approximate surface area is 168 Å². The van der Waals surface area contributed by atoms with Crippen molar-refractivity contribution in [2.24, 2.45) is 0 Å². The van der Waals surface area contributed by atoms with Gasteiger partial charge < -0.3 is 4.52 Å². The summed E-state index contributed by atoms with van der Waals surface area (Å²) in [5.41, 5.74) is 4.03. The Bertz CT molecular complexity index is 1070. The molecule has 1 atom stereocenters. The Balaban J connectivity index is 1.45. The Kier molecular flexibility index (Phi) is 5.15. The van der Waals surface area contributed by atoms with Gasteiger partial charge in [-0.2, -0.15) is 5.10 Å². The fourth-order valence-electron chi connectivity index (χ4n) is 3.77. The average Bonchev–Trinajstić information content (AvgIpc) is 3.39. The van der Waals surface area contributed by atoms with Gasteiger partial charge in [-0.05, 0) is 38.8 Å². The molecule has 1 saturated heterocycles. The average molecular weight is 421 g/mol. The molecule has 0 saturated carbocycles. The second-order valence-corrected chi connectivity index (χ2v) is 10.7. The summed E-state index contributed by atoms with van der Waals surface area (Å²) >= 11 is 1.63. The number of aryl methyl sites for hydroxylation is 1. The predicted molar refractivity (Wildman–Crippen MR) is 109 cm³/mol. The van der Waals surface area contributed by atoms with Crippen molar-refractivity contribution >= 4 is 21.2 Å². The number of nitrogens with zero attached hydrogens (tertiary/aromatic N) is 4. The molecule has 7 nitrogen and oxygen atoms in total. The van der Waals surface area contributed by atoms with Gasteiger partial charge in [0.15, 0.2) is 15.6 Å². The lowest BCUT2D eigenvalue weighted by Crippen LogP contribution is -2.19. The van der Waals surface area contributed by atoms with E-state index in [0.29, 0.717) is 13.0 Å². The van der Waals surface area contributed by atoms with E-state index in [0.717, 1.165) is 39.8 Å². The first kappa shape index (κ1) is 19.4. The van der Waals surface area contributed by atoms with Crippen molar-refractivity contribution in [1.82, 2.24) is 19.8 Å². The molecule has 4 rings (SSSR count). The fourth-order valence-corrected chi connectivity index (χ4v) is 6.14. The number of thiophene rings is 1. The molecular weight excluding hydrogens is 396 g/mol. The second kappa shape index (κ2) is 7.46. The van der Waals surface area contributed by atoms with Gasteiger partial charge in [0.25, 0.3) is 0 Å². The van der Waals surface area contributed by atoms with Crippen molar-refractivity contribution in [3.8, 4) is 10.6 Å². The molecule has 3 aromatic rings. The lowest BCUT2D eigenvalue weighted by molar-refractivity contribution is 0.303. The monoisotopic (exact) mass is 420 g/mol. The van der Waals surface area contributed by atoms with Gasteiger partial charge >= 0.3 is 0 Å². The van der Waals surface area contributed by atoms with Crippen molar-refractivity contribution in [3.63, 3.8) is 0 Å². The van der Waals surface area contributed by atoms with Crippen LogP contribution in [-0.4, -0.2) is 46.8 Å². The minimum absolute atomic E-state index is 0.0494. The second-order valence-electron chi connectivity index (χ2n) is 7.48. The van der Waals surface area contributed by atoms with Gasteiger partial charge in [0.05, 0.1) is 33.8 Å². The van der Waals surface area contributed by atoms with Gasteiger partial charge in [0.1, 0.15) is 0 Å². The minimum atomic E-state index is -2.93. The maximum Gasteiger partial charge on any atom is 0.177 e. The van der Waals surface area contributed by atoms with E-state index < -0.39 is 9.84 Å². The smallest absolute Gasteiger partial charge is 0.177 e. The molecule has 1 fully saturated rings. The molecule has 28 heavy (non-hydrogen) atoms. The Morgan fingerprint density at radius 3 is 2.86 bits per heavy atom. The molecule has 0 radical (unpaired) electrons. The summed E-state index contributed by atoms with van der Waals surface area (Å²) < 4.78 is 31.0. The Hall–Kier alpha value is -1.97. The minimum Gasteiger partial charge on any atom is -0.355 e. The number of rotatable bonds is 6. The number of aromatic nitrogens is 3. The molecule has 0 bridgehead atoms. The summed E-state index contributed by atoms with van der Waals surface area (Å²) in [6.45, 7) is 5.40. The zero-order chi connectivity index (χ0) is 19.9. The molecule has 0 aliphatic carbocycles. The van der Waals surface area contributed by atoms with Gasteiger partial charge in [0.2, 0.25) is 0 Å². The number of hydrogen-bond acceptors (Lipinski definition) is 7. The third-order valence-electron chi connectivity index (χ3n) is 5.21. The van der Waals surface area contributed by atoms with Crippen molar-refractivity contribution < 1.29 is 12.9 Å². The standard InChI is InChI=1S/C19H24N4O3S2/c1-13-17(14(2)23(20-13)16-6-8-28(24,25)12-16)11-22(3)10-15-9-18(26-21-15)19-5-4-7-27-19/h4-5,7,9,16H,6,8,10-12H2,1-3H3. The predicted octanol–water partition coefficient (Wildman–Crippen LogP) is 3.21. The van der Waals surface area contributed by atoms with Crippen LogP contribution in [0.15, 0.2) is 28.1 Å². The van der Waals surface area contributed by atoms with E-state index in [4.69, 9.17) is 4.52 Å². The molecule has 1 aliphatic rings. The van der Waals surface area contributed by atoms with Gasteiger partial charge in [0, 0.05) is 30.4 Å². The topological polar surface area (TPSA) is 81.2 Å². The van der Waals surface area contributed by atoms with Gasteiger partial charge in [-0.1, -0.05) is 11.2 Å². The van der Waals surface area contributed by atoms with Crippen LogP contribution in [0, 0.1) is 13.8 Å². The first-order valence-corrected chi connectivity index (χ1v) is 12.0. The van der Waals surface area contributed by atoms with Gasteiger partial charge in [-0.25, -0.2) is 8.42 Å². The first-order valence-electron chi connectivity index (χ1n) is 9.25. The zero-order valence-corrected chi connectivity index (χ0v) is 17.9. The summed E-state index contributed by atoms with van der Waals surface area (Å²) in [4.78, 5) is 3.24. The summed E-state index contributed by atoms with van der Waals surface area (Å²) in [7, 11) is -0.896. The number of sulfone groups is 1. The van der Waals surface area contributed by atoms with Crippen LogP contribution in [0.5, 0.6) is 0 Å². The largest absolute Gasteiger partial charge is 0.355 e. The molecule has 1 aliphatic heterocycles. The molecule has 0 N–H and O–H groups in total. The fraction of sp³-hybridized carbons (Fsp3) is 0.474. The van der Waals surface area contributed by atoms with E-state index in [1.165, 1.54) is 0 Å². The van der Waals surface area contributed by atoms with Crippen LogP contribution in [0.25, 0.3) is 10.6 Å². The molecule has 1 unspecified atom stereocenters. The van der Waals surface area contributed by atoms with Crippen LogP contribution in [0.3, 0.4) is 0 Å². The lowest BCUT2D eigenvalue weighted by atomic mass is 10.1. The SMILES string of the molecule is Cc1nn(C2CCS(=O)(=O)C2)c(C)c1CN(C)Cc1cc(-c2cccs2)on1. The van der Waals surface area contributed by atoms with Crippen LogP contribution in [0.1, 0.15) is 35.1 Å². The lowest BCUT2D eigenvalue weighted by Gasteiger charge is -2.16. The maximum absolute atomic E-state index is 11.8. The highest BCUT2D eigenvalue weighted by Crippen LogP contribution is 2.28. The zero-order valence-electron chi connectivity index (χ0n) is 16.3. The summed E-state index contributed by atoms with van der Waals surface area (Å²) in [6, 6.07) is 5.94. The van der Waals surface area contributed by atoms with E-state index in [2.05, 4.69) is 15.2 Å². The van der Waals surface area contributed by atoms with Crippen molar-refractivity contribution in [2.75, 3.05) is 18.6 Å². The Morgan fingerprint density at radius 2 is 2.18 bits per heavy atom. The van der Waals surface area contributed by atoms with Crippen LogP contribution >= 0.6 is 11.3 Å². The van der Waals surface area contributed by atoms with Crippen LogP contribution in [0.4, 0.5) is 0 Å². The molecule has 0 spiro atoms. The third kappa shape index (κ3) is 3.92. The Morgan fingerprint density at radius 1 is 1.36 bits per heavy atom. The van der Waals surface area contributed by atoms with Crippen LogP contribution in [-0.2, 0) is 22.9 Å². The van der Waals surface area contributed by atoms with E-state index >= 15 is 0 Å². The normalized spacial score (nSPS) is 18.9. The molecule has 0 aromatic carbocycles. The van der Waals surface area contributed by atoms with Crippen molar-refractivity contribution in [1.29, 1.82) is 0 Å². The van der Waals surface area contributed by atoms with Gasteiger partial charge in [-0.3, -0.25) is 9.58 Å². The molecule has 4 heterocycles. The van der Waals surface area contributed by atoms with E-state index in [-0.39, 0.29) is 17.5 Å². The third-order valence-corrected chi connectivity index (χ3v) is 7.85. The molecule has 0 amide bonds. The first-order chi connectivity index (χ1) is 13.3. The van der Waals surface area contributed by atoms with E-state index in [1.54, 1.807) is 11.3 Å². The van der Waals surface area contributed by atoms with Gasteiger partial charge in [-0.15, -0.1) is 11.3 Å². The highest BCUT2D eigenvalue weighted by Gasteiger charge is 2.31. The molecular formula is C19H24N4O3S2. The highest BCUT2D eigenvalue weighted by molar-refractivity contribution is 7.91. The quantitative estimate of drug-likeness (QED) is 0.609. The summed E-state index contributed by atoms with van der Waals surface area (Å²) in [5.74, 6) is 1.24. The van der Waals surface area contributed by atoms with Crippen molar-refractivity contribution in [2.45, 2.75) is 39.4 Å². The van der Waals surface area contributed by atoms with E-state index in [9.17, 15) is 8.42 Å². The van der Waals surface area contributed by atoms with Crippen molar-refractivity contribution in [3.05, 3.63) is 46.2 Å². The summed E-state index contributed by atoms with van der Waals surface area (Å²) in [6.07, 6.45) is 0.643. The number of hydrogen-bond donors (Lipinski definition) is 0. The van der Waals surface area contributed by atoms with Crippen LogP contribution in [0.2, 0.25) is 0 Å². The molecule has 3 aromatic heterocycles. The van der Waals surface area contributed by atoms with Crippen LogP contribution < -0.4 is 0 Å². The van der Waals surface area contributed by atoms with E-state index in [1.807, 2.05) is 49.2 Å². The highest BCUT2D eigenvalue weighted by atomic mass is 32.2. The molecule has 150 valence electrons.